The molecule has 0 fully saturated rings. The molecule has 0 N–H and O–H groups in total. The Kier molecular flexibility index (Phi) is 3.86. The lowest BCUT2D eigenvalue weighted by Crippen LogP contribution is -2.12. The SMILES string of the molecule is Cc1ccc(S(=O)(=O)n2c3ccc(Cl)cc3c3cnc(Br)cc32)cc1. The van der Waals surface area contributed by atoms with Crippen LogP contribution in [-0.4, -0.2) is 17.4 Å². The number of aryl methyl sites for hydroxylation is 1. The minimum atomic E-state index is -3.77. The number of benzene rings is 2. The van der Waals surface area contributed by atoms with E-state index in [0.717, 1.165) is 16.3 Å². The van der Waals surface area contributed by atoms with Crippen molar-refractivity contribution in [1.29, 1.82) is 0 Å². The molecule has 0 atom stereocenters. The summed E-state index contributed by atoms with van der Waals surface area (Å²) >= 11 is 9.45. The molecule has 126 valence electrons. The summed E-state index contributed by atoms with van der Waals surface area (Å²) in [6.07, 6.45) is 1.65. The highest BCUT2D eigenvalue weighted by molar-refractivity contribution is 9.10. The second kappa shape index (κ2) is 5.83. The Balaban J connectivity index is 2.15. The van der Waals surface area contributed by atoms with Gasteiger partial charge in [0.05, 0.1) is 15.9 Å². The van der Waals surface area contributed by atoms with E-state index in [1.807, 2.05) is 6.92 Å². The van der Waals surface area contributed by atoms with Crippen LogP contribution in [0.15, 0.2) is 64.2 Å². The zero-order valence-corrected chi connectivity index (χ0v) is 16.2. The van der Waals surface area contributed by atoms with Crippen LogP contribution in [0.3, 0.4) is 0 Å². The lowest BCUT2D eigenvalue weighted by atomic mass is 10.2. The summed E-state index contributed by atoms with van der Waals surface area (Å²) in [5.74, 6) is 0. The molecule has 0 aliphatic carbocycles. The molecule has 4 aromatic rings. The van der Waals surface area contributed by atoms with E-state index >= 15 is 0 Å². The van der Waals surface area contributed by atoms with Gasteiger partial charge in [0, 0.05) is 22.0 Å². The van der Waals surface area contributed by atoms with Gasteiger partial charge in [0.15, 0.2) is 0 Å². The maximum absolute atomic E-state index is 13.3. The van der Waals surface area contributed by atoms with Crippen molar-refractivity contribution in [2.75, 3.05) is 0 Å². The first-order chi connectivity index (χ1) is 11.9. The first-order valence-corrected chi connectivity index (χ1v) is 10.1. The molecule has 4 rings (SSSR count). The molecule has 0 unspecified atom stereocenters. The van der Waals surface area contributed by atoms with Gasteiger partial charge in [0.1, 0.15) is 4.60 Å². The average Bonchev–Trinajstić information content (AvgIpc) is 2.88. The van der Waals surface area contributed by atoms with E-state index in [1.165, 1.54) is 3.97 Å². The Labute approximate surface area is 158 Å². The second-order valence-electron chi connectivity index (χ2n) is 5.77. The molecule has 2 aromatic heterocycles. The van der Waals surface area contributed by atoms with E-state index in [1.54, 1.807) is 54.7 Å². The maximum atomic E-state index is 13.3. The number of rotatable bonds is 2. The van der Waals surface area contributed by atoms with E-state index in [9.17, 15) is 8.42 Å². The summed E-state index contributed by atoms with van der Waals surface area (Å²) in [5.41, 5.74) is 2.12. The zero-order chi connectivity index (χ0) is 17.8. The van der Waals surface area contributed by atoms with Crippen LogP contribution in [0.4, 0.5) is 0 Å². The fourth-order valence-corrected chi connectivity index (χ4v) is 4.91. The second-order valence-corrected chi connectivity index (χ2v) is 8.80. The maximum Gasteiger partial charge on any atom is 0.268 e. The highest BCUT2D eigenvalue weighted by Crippen LogP contribution is 2.34. The molecule has 0 saturated heterocycles. The van der Waals surface area contributed by atoms with Crippen LogP contribution in [0.2, 0.25) is 5.02 Å². The summed E-state index contributed by atoms with van der Waals surface area (Å²) in [4.78, 5) is 4.47. The van der Waals surface area contributed by atoms with Crippen molar-refractivity contribution in [1.82, 2.24) is 8.96 Å². The van der Waals surface area contributed by atoms with Crippen LogP contribution in [-0.2, 0) is 10.0 Å². The van der Waals surface area contributed by atoms with Crippen LogP contribution in [0.25, 0.3) is 21.8 Å². The standard InChI is InChI=1S/C18H12BrClN2O2S/c1-11-2-5-13(6-3-11)25(23,24)22-16-7-4-12(20)8-14(16)15-10-21-18(19)9-17(15)22/h2-10H,1H3. The summed E-state index contributed by atoms with van der Waals surface area (Å²) in [6, 6.07) is 13.7. The van der Waals surface area contributed by atoms with Crippen molar-refractivity contribution in [2.24, 2.45) is 0 Å². The minimum absolute atomic E-state index is 0.236. The molecule has 4 nitrogen and oxygen atoms in total. The van der Waals surface area contributed by atoms with Gasteiger partial charge in [-0.2, -0.15) is 0 Å². The van der Waals surface area contributed by atoms with E-state index in [-0.39, 0.29) is 4.90 Å². The molecule has 2 heterocycles. The minimum Gasteiger partial charge on any atom is -0.249 e. The van der Waals surface area contributed by atoms with Crippen LogP contribution in [0.5, 0.6) is 0 Å². The predicted molar refractivity (Wildman–Crippen MR) is 104 cm³/mol. The van der Waals surface area contributed by atoms with Crippen LogP contribution in [0, 0.1) is 6.92 Å². The Morgan fingerprint density at radius 3 is 2.44 bits per heavy atom. The fraction of sp³-hybridized carbons (Fsp3) is 0.0556. The Morgan fingerprint density at radius 2 is 1.72 bits per heavy atom. The normalized spacial score (nSPS) is 12.1. The van der Waals surface area contributed by atoms with Crippen LogP contribution >= 0.6 is 27.5 Å². The van der Waals surface area contributed by atoms with Crippen molar-refractivity contribution in [3.05, 3.63) is 69.9 Å². The van der Waals surface area contributed by atoms with Gasteiger partial charge in [-0.3, -0.25) is 0 Å². The molecule has 0 bridgehead atoms. The van der Waals surface area contributed by atoms with Crippen molar-refractivity contribution in [3.63, 3.8) is 0 Å². The molecular formula is C18H12BrClN2O2S. The number of fused-ring (bicyclic) bond motifs is 3. The zero-order valence-electron chi connectivity index (χ0n) is 13.1. The molecule has 0 spiro atoms. The summed E-state index contributed by atoms with van der Waals surface area (Å²) in [7, 11) is -3.77. The lowest BCUT2D eigenvalue weighted by Gasteiger charge is -2.09. The van der Waals surface area contributed by atoms with Gasteiger partial charge in [0.2, 0.25) is 0 Å². The van der Waals surface area contributed by atoms with Gasteiger partial charge in [-0.25, -0.2) is 17.4 Å². The number of aromatic nitrogens is 2. The highest BCUT2D eigenvalue weighted by Gasteiger charge is 2.23. The molecular weight excluding hydrogens is 424 g/mol. The van der Waals surface area contributed by atoms with Gasteiger partial charge < -0.3 is 0 Å². The fourth-order valence-electron chi connectivity index (χ4n) is 2.90. The molecule has 0 aliphatic rings. The molecule has 7 heteroatoms. The molecule has 0 radical (unpaired) electrons. The number of hydrogen-bond donors (Lipinski definition) is 0. The third-order valence-corrected chi connectivity index (χ3v) is 6.51. The van der Waals surface area contributed by atoms with Crippen LogP contribution in [0.1, 0.15) is 5.56 Å². The molecule has 25 heavy (non-hydrogen) atoms. The van der Waals surface area contributed by atoms with E-state index < -0.39 is 10.0 Å². The molecule has 2 aromatic carbocycles. The summed E-state index contributed by atoms with van der Waals surface area (Å²) in [6.45, 7) is 1.92. The molecule has 0 saturated carbocycles. The quantitative estimate of drug-likeness (QED) is 0.409. The van der Waals surface area contributed by atoms with E-state index in [4.69, 9.17) is 11.6 Å². The molecule has 0 aliphatic heterocycles. The Hall–Kier alpha value is -1.89. The van der Waals surface area contributed by atoms with Gasteiger partial charge in [-0.15, -0.1) is 0 Å². The monoisotopic (exact) mass is 434 g/mol. The number of halogens is 2. The Bertz CT molecular complexity index is 1230. The Morgan fingerprint density at radius 1 is 1.00 bits per heavy atom. The number of pyridine rings is 1. The third kappa shape index (κ3) is 2.65. The van der Waals surface area contributed by atoms with Gasteiger partial charge >= 0.3 is 0 Å². The van der Waals surface area contributed by atoms with Crippen LogP contribution < -0.4 is 0 Å². The van der Waals surface area contributed by atoms with Gasteiger partial charge in [0.25, 0.3) is 10.0 Å². The lowest BCUT2D eigenvalue weighted by molar-refractivity contribution is 0.590. The smallest absolute Gasteiger partial charge is 0.249 e. The summed E-state index contributed by atoms with van der Waals surface area (Å²) < 4.78 is 28.6. The van der Waals surface area contributed by atoms with Crippen molar-refractivity contribution < 1.29 is 8.42 Å². The number of nitrogens with zero attached hydrogens (tertiary/aromatic N) is 2. The number of hydrogen-bond acceptors (Lipinski definition) is 3. The topological polar surface area (TPSA) is 52.0 Å². The van der Waals surface area contributed by atoms with Crippen molar-refractivity contribution >= 4 is 59.4 Å². The van der Waals surface area contributed by atoms with Gasteiger partial charge in [-0.05, 0) is 59.3 Å². The summed E-state index contributed by atoms with van der Waals surface area (Å²) in [5, 5.41) is 2.02. The first-order valence-electron chi connectivity index (χ1n) is 7.45. The third-order valence-electron chi connectivity index (χ3n) is 4.09. The molecule has 0 amide bonds. The highest BCUT2D eigenvalue weighted by atomic mass is 79.9. The van der Waals surface area contributed by atoms with Gasteiger partial charge in [-0.1, -0.05) is 29.3 Å². The average molecular weight is 436 g/mol. The van der Waals surface area contributed by atoms with E-state index in [0.29, 0.717) is 20.7 Å². The predicted octanol–water partition coefficient (Wildman–Crippen LogP) is 5.15. The first kappa shape index (κ1) is 16.6. The van der Waals surface area contributed by atoms with Crippen molar-refractivity contribution in [3.8, 4) is 0 Å². The largest absolute Gasteiger partial charge is 0.268 e. The van der Waals surface area contributed by atoms with Crippen molar-refractivity contribution in [2.45, 2.75) is 11.8 Å². The van der Waals surface area contributed by atoms with E-state index in [2.05, 4.69) is 20.9 Å².